The summed E-state index contributed by atoms with van der Waals surface area (Å²) in [4.78, 5) is 8.70. The van der Waals surface area contributed by atoms with Crippen LogP contribution in [0.3, 0.4) is 0 Å². The molecule has 0 saturated carbocycles. The normalized spacial score (nSPS) is 12.5. The molecule has 4 nitrogen and oxygen atoms in total. The van der Waals surface area contributed by atoms with Crippen LogP contribution >= 0.6 is 11.6 Å². The van der Waals surface area contributed by atoms with Crippen LogP contribution in [-0.4, -0.2) is 28.2 Å². The number of aliphatic hydroxyl groups excluding tert-OH is 1. The fraction of sp³-hybridized carbons (Fsp3) is 0.714. The van der Waals surface area contributed by atoms with Gasteiger partial charge in [-0.25, -0.2) is 9.97 Å². The molecule has 0 aliphatic heterocycles. The SMILES string of the molecule is CCCC(CCO)CNc1nc(CC)nc(Cl)c1C. The number of hydrogen-bond acceptors (Lipinski definition) is 4. The molecular formula is C14H24ClN3O. The monoisotopic (exact) mass is 285 g/mol. The summed E-state index contributed by atoms with van der Waals surface area (Å²) in [6, 6.07) is 0. The minimum Gasteiger partial charge on any atom is -0.396 e. The van der Waals surface area contributed by atoms with E-state index in [1.165, 1.54) is 0 Å². The number of aromatic nitrogens is 2. The lowest BCUT2D eigenvalue weighted by Crippen LogP contribution is -2.17. The molecule has 1 aromatic heterocycles. The zero-order chi connectivity index (χ0) is 14.3. The van der Waals surface area contributed by atoms with Gasteiger partial charge in [-0.3, -0.25) is 0 Å². The highest BCUT2D eigenvalue weighted by Gasteiger charge is 2.11. The van der Waals surface area contributed by atoms with Crippen molar-refractivity contribution in [2.75, 3.05) is 18.5 Å². The van der Waals surface area contributed by atoms with E-state index in [0.717, 1.165) is 49.4 Å². The molecule has 0 aliphatic rings. The standard InChI is InChI=1S/C14H24ClN3O/c1-4-6-11(7-8-19)9-16-14-10(3)13(15)17-12(5-2)18-14/h11,19H,4-9H2,1-3H3,(H,16,17,18). The van der Waals surface area contributed by atoms with Crippen molar-refractivity contribution in [1.29, 1.82) is 0 Å². The maximum atomic E-state index is 9.07. The Kier molecular flexibility index (Phi) is 7.10. The number of aliphatic hydroxyl groups is 1. The third kappa shape index (κ3) is 4.96. The second-order valence-electron chi connectivity index (χ2n) is 4.81. The minimum absolute atomic E-state index is 0.232. The molecule has 108 valence electrons. The molecule has 0 amide bonds. The highest BCUT2D eigenvalue weighted by Crippen LogP contribution is 2.21. The molecule has 0 fully saturated rings. The zero-order valence-electron chi connectivity index (χ0n) is 12.0. The van der Waals surface area contributed by atoms with Gasteiger partial charge < -0.3 is 10.4 Å². The molecule has 0 radical (unpaired) electrons. The summed E-state index contributed by atoms with van der Waals surface area (Å²) >= 11 is 6.10. The van der Waals surface area contributed by atoms with Gasteiger partial charge in [0.05, 0.1) is 0 Å². The second-order valence-corrected chi connectivity index (χ2v) is 5.16. The summed E-state index contributed by atoms with van der Waals surface area (Å²) in [6.07, 6.45) is 3.81. The molecule has 0 saturated heterocycles. The molecule has 5 heteroatoms. The maximum Gasteiger partial charge on any atom is 0.137 e. The third-order valence-corrected chi connectivity index (χ3v) is 3.61. The van der Waals surface area contributed by atoms with E-state index in [-0.39, 0.29) is 6.61 Å². The van der Waals surface area contributed by atoms with Crippen molar-refractivity contribution in [2.24, 2.45) is 5.92 Å². The first-order chi connectivity index (χ1) is 9.12. The topological polar surface area (TPSA) is 58.0 Å². The summed E-state index contributed by atoms with van der Waals surface area (Å²) in [7, 11) is 0. The fourth-order valence-electron chi connectivity index (χ4n) is 2.04. The van der Waals surface area contributed by atoms with Crippen LogP contribution in [-0.2, 0) is 6.42 Å². The summed E-state index contributed by atoms with van der Waals surface area (Å²) in [5.74, 6) is 2.04. The van der Waals surface area contributed by atoms with E-state index in [1.807, 2.05) is 13.8 Å². The van der Waals surface area contributed by atoms with Crippen LogP contribution in [0.1, 0.15) is 44.5 Å². The number of halogens is 1. The molecule has 0 spiro atoms. The smallest absolute Gasteiger partial charge is 0.137 e. The average Bonchev–Trinajstić information content (AvgIpc) is 2.40. The first kappa shape index (κ1) is 16.2. The van der Waals surface area contributed by atoms with Gasteiger partial charge in [-0.1, -0.05) is 31.9 Å². The van der Waals surface area contributed by atoms with Crippen molar-refractivity contribution in [2.45, 2.75) is 46.5 Å². The molecule has 0 bridgehead atoms. The van der Waals surface area contributed by atoms with E-state index in [0.29, 0.717) is 11.1 Å². The van der Waals surface area contributed by atoms with Crippen LogP contribution < -0.4 is 5.32 Å². The Morgan fingerprint density at radius 3 is 2.58 bits per heavy atom. The van der Waals surface area contributed by atoms with Gasteiger partial charge in [-0.15, -0.1) is 0 Å². The summed E-state index contributed by atoms with van der Waals surface area (Å²) < 4.78 is 0. The third-order valence-electron chi connectivity index (χ3n) is 3.24. The molecule has 1 atom stereocenters. The van der Waals surface area contributed by atoms with Crippen LogP contribution in [0.15, 0.2) is 0 Å². The van der Waals surface area contributed by atoms with Crippen LogP contribution in [0.25, 0.3) is 0 Å². The van der Waals surface area contributed by atoms with Crippen LogP contribution in [0.5, 0.6) is 0 Å². The van der Waals surface area contributed by atoms with Gasteiger partial charge >= 0.3 is 0 Å². The number of nitrogens with zero attached hydrogens (tertiary/aromatic N) is 2. The average molecular weight is 286 g/mol. The Hall–Kier alpha value is -0.870. The molecule has 19 heavy (non-hydrogen) atoms. The van der Waals surface area contributed by atoms with Gasteiger partial charge in [0, 0.05) is 25.1 Å². The Morgan fingerprint density at radius 2 is 2.00 bits per heavy atom. The lowest BCUT2D eigenvalue weighted by Gasteiger charge is -2.17. The predicted octanol–water partition coefficient (Wildman–Crippen LogP) is 3.21. The van der Waals surface area contributed by atoms with Crippen LogP contribution in [0.4, 0.5) is 5.82 Å². The van der Waals surface area contributed by atoms with Crippen LogP contribution in [0, 0.1) is 12.8 Å². The number of aryl methyl sites for hydroxylation is 1. The second kappa shape index (κ2) is 8.33. The molecule has 1 unspecified atom stereocenters. The van der Waals surface area contributed by atoms with Crippen molar-refractivity contribution in [1.82, 2.24) is 9.97 Å². The molecule has 0 aromatic carbocycles. The Labute approximate surface area is 120 Å². The van der Waals surface area contributed by atoms with Gasteiger partial charge in [0.2, 0.25) is 0 Å². The van der Waals surface area contributed by atoms with E-state index in [1.54, 1.807) is 0 Å². The van der Waals surface area contributed by atoms with Crippen molar-refractivity contribution < 1.29 is 5.11 Å². The van der Waals surface area contributed by atoms with E-state index in [4.69, 9.17) is 16.7 Å². The quantitative estimate of drug-likeness (QED) is 0.720. The van der Waals surface area contributed by atoms with Gasteiger partial charge in [0.25, 0.3) is 0 Å². The molecule has 2 N–H and O–H groups in total. The molecular weight excluding hydrogens is 262 g/mol. The van der Waals surface area contributed by atoms with Gasteiger partial charge in [-0.2, -0.15) is 0 Å². The first-order valence-electron chi connectivity index (χ1n) is 7.00. The van der Waals surface area contributed by atoms with Crippen molar-refractivity contribution >= 4 is 17.4 Å². The summed E-state index contributed by atoms with van der Waals surface area (Å²) in [5, 5.41) is 12.9. The fourth-order valence-corrected chi connectivity index (χ4v) is 2.23. The lowest BCUT2D eigenvalue weighted by atomic mass is 10.0. The van der Waals surface area contributed by atoms with Crippen molar-refractivity contribution in [3.63, 3.8) is 0 Å². The molecule has 1 aromatic rings. The maximum absolute atomic E-state index is 9.07. The van der Waals surface area contributed by atoms with Gasteiger partial charge in [-0.05, 0) is 25.7 Å². The zero-order valence-corrected chi connectivity index (χ0v) is 12.8. The Bertz CT molecular complexity index is 393. The van der Waals surface area contributed by atoms with Gasteiger partial charge in [0.1, 0.15) is 16.8 Å². The van der Waals surface area contributed by atoms with E-state index >= 15 is 0 Å². The summed E-state index contributed by atoms with van der Waals surface area (Å²) in [6.45, 7) is 7.13. The van der Waals surface area contributed by atoms with E-state index in [9.17, 15) is 0 Å². The van der Waals surface area contributed by atoms with E-state index < -0.39 is 0 Å². The van der Waals surface area contributed by atoms with Crippen LogP contribution in [0.2, 0.25) is 5.15 Å². The number of anilines is 1. The molecule has 1 rings (SSSR count). The van der Waals surface area contributed by atoms with E-state index in [2.05, 4.69) is 22.2 Å². The number of rotatable bonds is 8. The molecule has 1 heterocycles. The molecule has 0 aliphatic carbocycles. The van der Waals surface area contributed by atoms with Gasteiger partial charge in [0.15, 0.2) is 0 Å². The number of hydrogen-bond donors (Lipinski definition) is 2. The Morgan fingerprint density at radius 1 is 1.26 bits per heavy atom. The largest absolute Gasteiger partial charge is 0.396 e. The Balaban J connectivity index is 2.72. The van der Waals surface area contributed by atoms with Crippen molar-refractivity contribution in [3.05, 3.63) is 16.5 Å². The summed E-state index contributed by atoms with van der Waals surface area (Å²) in [5.41, 5.74) is 0.887. The lowest BCUT2D eigenvalue weighted by molar-refractivity contribution is 0.255. The number of nitrogens with one attached hydrogen (secondary N) is 1. The van der Waals surface area contributed by atoms with Crippen molar-refractivity contribution in [3.8, 4) is 0 Å². The highest BCUT2D eigenvalue weighted by molar-refractivity contribution is 6.30. The highest BCUT2D eigenvalue weighted by atomic mass is 35.5. The minimum atomic E-state index is 0.232. The first-order valence-corrected chi connectivity index (χ1v) is 7.37. The predicted molar refractivity (Wildman–Crippen MR) is 79.7 cm³/mol.